The van der Waals surface area contributed by atoms with Gasteiger partial charge in [0.05, 0.1) is 25.6 Å². The Morgan fingerprint density at radius 1 is 0.870 bits per heavy atom. The van der Waals surface area contributed by atoms with Gasteiger partial charge in [0.25, 0.3) is 0 Å². The Morgan fingerprint density at radius 2 is 1.43 bits per heavy atom. The van der Waals surface area contributed by atoms with Crippen molar-refractivity contribution in [2.75, 3.05) is 19.2 Å². The molecule has 118 valence electrons. The smallest absolute Gasteiger partial charge is 0.247 e. The predicted molar refractivity (Wildman–Crippen MR) is 89.2 cm³/mol. The first-order valence-electron chi connectivity index (χ1n) is 7.40. The van der Waals surface area contributed by atoms with E-state index in [1.165, 1.54) is 5.01 Å². The molecule has 2 aromatic carbocycles. The molecule has 1 aliphatic heterocycles. The Balaban J connectivity index is 1.90. The molecule has 0 aromatic heterocycles. The minimum atomic E-state index is -0.00701. The van der Waals surface area contributed by atoms with E-state index in [9.17, 15) is 4.79 Å². The first-order chi connectivity index (χ1) is 11.2. The first-order valence-corrected chi connectivity index (χ1v) is 7.40. The summed E-state index contributed by atoms with van der Waals surface area (Å²) in [7, 11) is 3.25. The Bertz CT molecular complexity index is 721. The number of hydrogen-bond acceptors (Lipinski definition) is 4. The minimum Gasteiger partial charge on any atom is -0.497 e. The molecule has 0 saturated heterocycles. The number of methoxy groups -OCH3 is 2. The standard InChI is InChI=1S/C18H18N2O3/c1-22-15-7-3-13(4-8-15)17-11-12-18(21)20(19-17)14-5-9-16(23-2)10-6-14/h3-10H,11-12H2,1-2H3. The first kappa shape index (κ1) is 15.1. The van der Waals surface area contributed by atoms with Gasteiger partial charge in [0, 0.05) is 12.8 Å². The van der Waals surface area contributed by atoms with E-state index in [0.29, 0.717) is 12.8 Å². The number of benzene rings is 2. The fraction of sp³-hybridized carbons (Fsp3) is 0.222. The zero-order valence-corrected chi connectivity index (χ0v) is 13.2. The molecule has 0 fully saturated rings. The van der Waals surface area contributed by atoms with E-state index in [1.807, 2.05) is 48.5 Å². The second-order valence-corrected chi connectivity index (χ2v) is 5.18. The maximum atomic E-state index is 12.2. The third-order valence-corrected chi connectivity index (χ3v) is 3.77. The fourth-order valence-electron chi connectivity index (χ4n) is 2.47. The second-order valence-electron chi connectivity index (χ2n) is 5.18. The summed E-state index contributed by atoms with van der Waals surface area (Å²) in [4.78, 5) is 12.2. The van der Waals surface area contributed by atoms with Crippen LogP contribution in [0.5, 0.6) is 11.5 Å². The molecule has 0 atom stereocenters. The summed E-state index contributed by atoms with van der Waals surface area (Å²) >= 11 is 0. The number of amides is 1. The van der Waals surface area contributed by atoms with Gasteiger partial charge in [-0.1, -0.05) is 0 Å². The molecule has 2 aromatic rings. The van der Waals surface area contributed by atoms with Crippen LogP contribution < -0.4 is 14.5 Å². The summed E-state index contributed by atoms with van der Waals surface area (Å²) in [5, 5.41) is 5.99. The topological polar surface area (TPSA) is 51.1 Å². The van der Waals surface area contributed by atoms with Crippen molar-refractivity contribution >= 4 is 17.3 Å². The maximum Gasteiger partial charge on any atom is 0.247 e. The second kappa shape index (κ2) is 6.52. The lowest BCUT2D eigenvalue weighted by molar-refractivity contribution is -0.118. The van der Waals surface area contributed by atoms with E-state index >= 15 is 0 Å². The highest BCUT2D eigenvalue weighted by Crippen LogP contribution is 2.25. The van der Waals surface area contributed by atoms with Gasteiger partial charge in [-0.3, -0.25) is 4.79 Å². The predicted octanol–water partition coefficient (Wildman–Crippen LogP) is 3.23. The van der Waals surface area contributed by atoms with Crippen LogP contribution in [-0.2, 0) is 4.79 Å². The molecular weight excluding hydrogens is 292 g/mol. The average Bonchev–Trinajstić information content (AvgIpc) is 2.62. The number of nitrogens with zero attached hydrogens (tertiary/aromatic N) is 2. The zero-order valence-electron chi connectivity index (χ0n) is 13.2. The van der Waals surface area contributed by atoms with E-state index in [1.54, 1.807) is 14.2 Å². The van der Waals surface area contributed by atoms with E-state index in [-0.39, 0.29) is 5.91 Å². The number of ether oxygens (including phenoxy) is 2. The van der Waals surface area contributed by atoms with Gasteiger partial charge < -0.3 is 9.47 Å². The zero-order chi connectivity index (χ0) is 16.2. The highest BCUT2D eigenvalue weighted by Gasteiger charge is 2.22. The lowest BCUT2D eigenvalue weighted by Gasteiger charge is -2.24. The van der Waals surface area contributed by atoms with Crippen LogP contribution in [0.15, 0.2) is 53.6 Å². The quantitative estimate of drug-likeness (QED) is 0.871. The van der Waals surface area contributed by atoms with Gasteiger partial charge in [-0.25, -0.2) is 5.01 Å². The number of hydrogen-bond donors (Lipinski definition) is 0. The van der Waals surface area contributed by atoms with Crippen molar-refractivity contribution in [3.8, 4) is 11.5 Å². The molecule has 3 rings (SSSR count). The van der Waals surface area contributed by atoms with Gasteiger partial charge in [-0.15, -0.1) is 0 Å². The highest BCUT2D eigenvalue weighted by atomic mass is 16.5. The van der Waals surface area contributed by atoms with E-state index in [0.717, 1.165) is 28.5 Å². The molecule has 0 radical (unpaired) electrons. The molecule has 0 unspecified atom stereocenters. The fourth-order valence-corrected chi connectivity index (χ4v) is 2.47. The van der Waals surface area contributed by atoms with Crippen molar-refractivity contribution in [3.05, 3.63) is 54.1 Å². The largest absolute Gasteiger partial charge is 0.497 e. The van der Waals surface area contributed by atoms with Crippen molar-refractivity contribution in [2.24, 2.45) is 5.10 Å². The van der Waals surface area contributed by atoms with Gasteiger partial charge in [0.15, 0.2) is 0 Å². The van der Waals surface area contributed by atoms with Crippen molar-refractivity contribution in [1.29, 1.82) is 0 Å². The van der Waals surface area contributed by atoms with Crippen LogP contribution in [0.2, 0.25) is 0 Å². The molecular formula is C18H18N2O3. The summed E-state index contributed by atoms with van der Waals surface area (Å²) in [5.74, 6) is 1.54. The molecule has 23 heavy (non-hydrogen) atoms. The van der Waals surface area contributed by atoms with Crippen LogP contribution in [0.1, 0.15) is 18.4 Å². The summed E-state index contributed by atoms with van der Waals surface area (Å²) in [6, 6.07) is 15.0. The molecule has 5 nitrogen and oxygen atoms in total. The van der Waals surface area contributed by atoms with Crippen LogP contribution in [0.4, 0.5) is 5.69 Å². The van der Waals surface area contributed by atoms with Crippen LogP contribution >= 0.6 is 0 Å². The van der Waals surface area contributed by atoms with Crippen molar-refractivity contribution in [2.45, 2.75) is 12.8 Å². The van der Waals surface area contributed by atoms with E-state index in [4.69, 9.17) is 9.47 Å². The number of rotatable bonds is 4. The van der Waals surface area contributed by atoms with Gasteiger partial charge in [-0.05, 0) is 54.1 Å². The van der Waals surface area contributed by atoms with Gasteiger partial charge in [0.1, 0.15) is 11.5 Å². The molecule has 0 bridgehead atoms. The van der Waals surface area contributed by atoms with Crippen molar-refractivity contribution in [3.63, 3.8) is 0 Å². The Labute approximate surface area is 135 Å². The van der Waals surface area contributed by atoms with Crippen molar-refractivity contribution in [1.82, 2.24) is 0 Å². The van der Waals surface area contributed by atoms with E-state index < -0.39 is 0 Å². The van der Waals surface area contributed by atoms with Gasteiger partial charge >= 0.3 is 0 Å². The number of anilines is 1. The molecule has 5 heteroatoms. The third-order valence-electron chi connectivity index (χ3n) is 3.77. The molecule has 1 amide bonds. The normalized spacial score (nSPS) is 14.4. The van der Waals surface area contributed by atoms with Crippen LogP contribution in [0.3, 0.4) is 0 Å². The Hall–Kier alpha value is -2.82. The molecule has 0 N–H and O–H groups in total. The highest BCUT2D eigenvalue weighted by molar-refractivity contribution is 6.08. The lowest BCUT2D eigenvalue weighted by atomic mass is 10.0. The Kier molecular flexibility index (Phi) is 4.28. The number of carbonyl (C=O) groups excluding carboxylic acids is 1. The average molecular weight is 310 g/mol. The third kappa shape index (κ3) is 3.18. The monoisotopic (exact) mass is 310 g/mol. The van der Waals surface area contributed by atoms with Gasteiger partial charge in [0.2, 0.25) is 5.91 Å². The summed E-state index contributed by atoms with van der Waals surface area (Å²) < 4.78 is 10.3. The number of carbonyl (C=O) groups is 1. The van der Waals surface area contributed by atoms with Crippen LogP contribution in [0, 0.1) is 0 Å². The molecule has 1 heterocycles. The molecule has 1 aliphatic rings. The lowest BCUT2D eigenvalue weighted by Crippen LogP contribution is -2.31. The summed E-state index contributed by atoms with van der Waals surface area (Å²) in [6.07, 6.45) is 1.08. The number of hydrazone groups is 1. The van der Waals surface area contributed by atoms with Crippen LogP contribution in [-0.4, -0.2) is 25.8 Å². The summed E-state index contributed by atoms with van der Waals surface area (Å²) in [5.41, 5.74) is 2.63. The van der Waals surface area contributed by atoms with Gasteiger partial charge in [-0.2, -0.15) is 5.10 Å². The summed E-state index contributed by atoms with van der Waals surface area (Å²) in [6.45, 7) is 0. The molecule has 0 saturated carbocycles. The molecule has 0 spiro atoms. The Morgan fingerprint density at radius 3 is 2.00 bits per heavy atom. The minimum absolute atomic E-state index is 0.00701. The maximum absolute atomic E-state index is 12.2. The van der Waals surface area contributed by atoms with Crippen LogP contribution in [0.25, 0.3) is 0 Å². The SMILES string of the molecule is COc1ccc(C2=NN(c3ccc(OC)cc3)C(=O)CC2)cc1. The van der Waals surface area contributed by atoms with E-state index in [2.05, 4.69) is 5.10 Å². The van der Waals surface area contributed by atoms with Crippen molar-refractivity contribution < 1.29 is 14.3 Å². The molecule has 0 aliphatic carbocycles.